The summed E-state index contributed by atoms with van der Waals surface area (Å²) in [6.07, 6.45) is 0. The Kier molecular flexibility index (Phi) is 3.36. The highest BCUT2D eigenvalue weighted by Crippen LogP contribution is 2.05. The molecule has 0 heterocycles. The van der Waals surface area contributed by atoms with Crippen LogP contribution in [0, 0.1) is 7.05 Å². The summed E-state index contributed by atoms with van der Waals surface area (Å²) < 4.78 is 4.97. The molecule has 0 aliphatic rings. The Labute approximate surface area is 61.8 Å². The van der Waals surface area contributed by atoms with Crippen molar-refractivity contribution in [3.8, 4) is 0 Å². The van der Waals surface area contributed by atoms with Crippen molar-refractivity contribution in [2.75, 3.05) is 6.54 Å². The molecule has 0 atom stereocenters. The first-order chi connectivity index (χ1) is 4.45. The number of nitrogens with two attached hydrogens (primary N) is 1. The highest BCUT2D eigenvalue weighted by atomic mass is 16.6. The van der Waals surface area contributed by atoms with Gasteiger partial charge in [0.2, 0.25) is 0 Å². The van der Waals surface area contributed by atoms with E-state index in [2.05, 4.69) is 7.05 Å². The summed E-state index contributed by atoms with van der Waals surface area (Å²) in [5.41, 5.74) is -0.375. The predicted molar refractivity (Wildman–Crippen MR) is 38.0 cm³/mol. The molecular weight excluding hydrogens is 130 g/mol. The van der Waals surface area contributed by atoms with Gasteiger partial charge in [-0.05, 0) is 20.8 Å². The average molecular weight is 145 g/mol. The normalized spacial score (nSPS) is 11.2. The SMILES string of the molecule is [CH2-][NH2+]CC(=O)OC(C)(C)C. The van der Waals surface area contributed by atoms with Gasteiger partial charge in [-0.3, -0.25) is 0 Å². The van der Waals surface area contributed by atoms with E-state index in [0.29, 0.717) is 0 Å². The van der Waals surface area contributed by atoms with Gasteiger partial charge in [0, 0.05) is 0 Å². The number of ether oxygens (including phenoxy) is 1. The molecule has 3 nitrogen and oxygen atoms in total. The first-order valence-corrected chi connectivity index (χ1v) is 3.28. The van der Waals surface area contributed by atoms with E-state index in [1.807, 2.05) is 20.8 Å². The minimum atomic E-state index is -0.375. The Morgan fingerprint density at radius 2 is 2.10 bits per heavy atom. The second-order valence-corrected chi connectivity index (χ2v) is 3.08. The fraction of sp³-hybridized carbons (Fsp3) is 0.714. The van der Waals surface area contributed by atoms with Crippen molar-refractivity contribution in [1.29, 1.82) is 0 Å². The number of carbonyl (C=O) groups excluding carboxylic acids is 1. The van der Waals surface area contributed by atoms with Crippen LogP contribution in [0.1, 0.15) is 20.8 Å². The first-order valence-electron chi connectivity index (χ1n) is 3.28. The lowest BCUT2D eigenvalue weighted by atomic mass is 10.2. The molecule has 0 aromatic rings. The maximum absolute atomic E-state index is 10.8. The maximum Gasteiger partial charge on any atom is 0.359 e. The summed E-state index contributed by atoms with van der Waals surface area (Å²) in [5, 5.41) is 1.54. The highest BCUT2D eigenvalue weighted by molar-refractivity contribution is 5.70. The van der Waals surface area contributed by atoms with Crippen molar-refractivity contribution in [2.24, 2.45) is 0 Å². The fourth-order valence-corrected chi connectivity index (χ4v) is 0.501. The molecule has 0 aromatic heterocycles. The van der Waals surface area contributed by atoms with E-state index in [-0.39, 0.29) is 18.1 Å². The van der Waals surface area contributed by atoms with Gasteiger partial charge in [-0.2, -0.15) is 7.05 Å². The summed E-state index contributed by atoms with van der Waals surface area (Å²) in [7, 11) is 3.43. The Morgan fingerprint density at radius 1 is 1.60 bits per heavy atom. The minimum Gasteiger partial charge on any atom is -0.470 e. The van der Waals surface area contributed by atoms with E-state index in [0.717, 1.165) is 0 Å². The lowest BCUT2D eigenvalue weighted by molar-refractivity contribution is -0.585. The molecule has 0 radical (unpaired) electrons. The summed E-state index contributed by atoms with van der Waals surface area (Å²) in [6, 6.07) is 0. The Hall–Kier alpha value is -0.570. The van der Waals surface area contributed by atoms with Gasteiger partial charge in [0.05, 0.1) is 0 Å². The molecule has 0 rings (SSSR count). The maximum atomic E-state index is 10.8. The van der Waals surface area contributed by atoms with Crippen molar-refractivity contribution in [3.63, 3.8) is 0 Å². The zero-order valence-corrected chi connectivity index (χ0v) is 6.81. The van der Waals surface area contributed by atoms with Gasteiger partial charge in [0.15, 0.2) is 6.54 Å². The Morgan fingerprint density at radius 3 is 2.40 bits per heavy atom. The molecule has 0 bridgehead atoms. The van der Waals surface area contributed by atoms with E-state index in [4.69, 9.17) is 4.74 Å². The van der Waals surface area contributed by atoms with Gasteiger partial charge in [0.25, 0.3) is 0 Å². The van der Waals surface area contributed by atoms with Gasteiger partial charge >= 0.3 is 5.97 Å². The van der Waals surface area contributed by atoms with Crippen molar-refractivity contribution in [1.82, 2.24) is 0 Å². The number of rotatable bonds is 2. The topological polar surface area (TPSA) is 42.9 Å². The molecule has 0 spiro atoms. The van der Waals surface area contributed by atoms with Crippen molar-refractivity contribution in [2.45, 2.75) is 26.4 Å². The third kappa shape index (κ3) is 5.56. The van der Waals surface area contributed by atoms with Gasteiger partial charge in [-0.1, -0.05) is 0 Å². The van der Waals surface area contributed by atoms with E-state index < -0.39 is 0 Å². The lowest BCUT2D eigenvalue weighted by Crippen LogP contribution is -2.79. The van der Waals surface area contributed by atoms with Crippen LogP contribution in [0.3, 0.4) is 0 Å². The molecule has 0 aliphatic heterocycles. The van der Waals surface area contributed by atoms with Crippen LogP contribution >= 0.6 is 0 Å². The fourth-order valence-electron chi connectivity index (χ4n) is 0.501. The van der Waals surface area contributed by atoms with Crippen LogP contribution in [-0.2, 0) is 9.53 Å². The lowest BCUT2D eigenvalue weighted by Gasteiger charge is -2.18. The average Bonchev–Trinajstić information content (AvgIpc) is 1.59. The van der Waals surface area contributed by atoms with Crippen LogP contribution in [0.4, 0.5) is 0 Å². The standard InChI is InChI=1S/C7H15NO2/c1-7(2,3)10-6(9)5-8-4/h4-5,8H2,1-3H3. The van der Waals surface area contributed by atoms with Gasteiger partial charge in [-0.25, -0.2) is 4.79 Å². The molecular formula is C7H15NO2. The monoisotopic (exact) mass is 145 g/mol. The molecule has 60 valence electrons. The van der Waals surface area contributed by atoms with Crippen LogP contribution in [0.15, 0.2) is 0 Å². The van der Waals surface area contributed by atoms with E-state index >= 15 is 0 Å². The van der Waals surface area contributed by atoms with Crippen LogP contribution in [0.2, 0.25) is 0 Å². The molecule has 10 heavy (non-hydrogen) atoms. The molecule has 3 heteroatoms. The van der Waals surface area contributed by atoms with E-state index in [1.165, 1.54) is 5.32 Å². The number of esters is 1. The van der Waals surface area contributed by atoms with Crippen molar-refractivity contribution < 1.29 is 14.8 Å². The molecule has 0 aromatic carbocycles. The van der Waals surface area contributed by atoms with Crippen LogP contribution in [-0.4, -0.2) is 18.1 Å². The summed E-state index contributed by atoms with van der Waals surface area (Å²) >= 11 is 0. The Balaban J connectivity index is 3.58. The second-order valence-electron chi connectivity index (χ2n) is 3.08. The Bertz CT molecular complexity index is 115. The van der Waals surface area contributed by atoms with Crippen LogP contribution in [0.25, 0.3) is 0 Å². The van der Waals surface area contributed by atoms with Gasteiger partial charge < -0.3 is 10.1 Å². The number of hydrogen-bond donors (Lipinski definition) is 1. The number of quaternary nitrogens is 1. The molecule has 0 saturated carbocycles. The molecule has 0 unspecified atom stereocenters. The molecule has 0 saturated heterocycles. The number of carbonyl (C=O) groups is 1. The van der Waals surface area contributed by atoms with Gasteiger partial charge in [0.1, 0.15) is 5.60 Å². The smallest absolute Gasteiger partial charge is 0.359 e. The molecule has 0 fully saturated rings. The second kappa shape index (κ2) is 3.56. The quantitative estimate of drug-likeness (QED) is 0.427. The van der Waals surface area contributed by atoms with Crippen molar-refractivity contribution >= 4 is 5.97 Å². The molecule has 0 amide bonds. The summed E-state index contributed by atoms with van der Waals surface area (Å²) in [4.78, 5) is 10.8. The zero-order valence-electron chi connectivity index (χ0n) is 6.81. The third-order valence-corrected chi connectivity index (χ3v) is 0.731. The predicted octanol–water partition coefficient (Wildman–Crippen LogP) is -0.317. The van der Waals surface area contributed by atoms with E-state index in [1.54, 1.807) is 0 Å². The molecule has 2 N–H and O–H groups in total. The first kappa shape index (κ1) is 9.43. The summed E-state index contributed by atoms with van der Waals surface area (Å²) in [5.74, 6) is -0.220. The zero-order chi connectivity index (χ0) is 8.20. The molecule has 0 aliphatic carbocycles. The van der Waals surface area contributed by atoms with Gasteiger partial charge in [-0.15, -0.1) is 0 Å². The minimum absolute atomic E-state index is 0.220. The van der Waals surface area contributed by atoms with E-state index in [9.17, 15) is 4.79 Å². The van der Waals surface area contributed by atoms with Crippen LogP contribution in [0.5, 0.6) is 0 Å². The van der Waals surface area contributed by atoms with Crippen molar-refractivity contribution in [3.05, 3.63) is 7.05 Å². The van der Waals surface area contributed by atoms with Crippen LogP contribution < -0.4 is 5.32 Å². The number of hydrogen-bond acceptors (Lipinski definition) is 2. The highest BCUT2D eigenvalue weighted by Gasteiger charge is 2.15. The summed E-state index contributed by atoms with van der Waals surface area (Å²) in [6.45, 7) is 5.81. The third-order valence-electron chi connectivity index (χ3n) is 0.731. The largest absolute Gasteiger partial charge is 0.470 e.